The molecular weight excluding hydrogens is 358 g/mol. The molecule has 154 valence electrons. The van der Waals surface area contributed by atoms with Gasteiger partial charge in [0.25, 0.3) is 0 Å². The van der Waals surface area contributed by atoms with Crippen molar-refractivity contribution in [2.24, 2.45) is 18.9 Å². The summed E-state index contributed by atoms with van der Waals surface area (Å²) in [6, 6.07) is 8.61. The molecule has 4 rings (SSSR count). The molecule has 0 N–H and O–H groups in total. The molecule has 1 amide bonds. The van der Waals surface area contributed by atoms with Gasteiger partial charge >= 0.3 is 0 Å². The van der Waals surface area contributed by atoms with E-state index in [1.54, 1.807) is 0 Å². The van der Waals surface area contributed by atoms with Crippen molar-refractivity contribution >= 4 is 5.91 Å². The summed E-state index contributed by atoms with van der Waals surface area (Å²) in [5, 5.41) is 4.58. The Labute approximate surface area is 174 Å². The Morgan fingerprint density at radius 1 is 1.17 bits per heavy atom. The normalized spacial score (nSPS) is 21.1. The number of fused-ring (bicyclic) bond motifs is 1. The van der Waals surface area contributed by atoms with E-state index in [4.69, 9.17) is 0 Å². The van der Waals surface area contributed by atoms with E-state index in [9.17, 15) is 4.79 Å². The highest BCUT2D eigenvalue weighted by Crippen LogP contribution is 2.29. The van der Waals surface area contributed by atoms with Crippen LogP contribution in [0.1, 0.15) is 53.8 Å². The molecule has 2 atom stereocenters. The number of hydrogen-bond donors (Lipinski definition) is 0. The second-order valence-corrected chi connectivity index (χ2v) is 8.85. The summed E-state index contributed by atoms with van der Waals surface area (Å²) in [7, 11) is 1.99. The monoisotopic (exact) mass is 391 g/mol. The van der Waals surface area contributed by atoms with Crippen LogP contribution < -0.4 is 0 Å². The van der Waals surface area contributed by atoms with Gasteiger partial charge < -0.3 is 4.90 Å². The predicted molar refractivity (Wildman–Crippen MR) is 117 cm³/mol. The number of aryl methyl sites for hydroxylation is 3. The lowest BCUT2D eigenvalue weighted by atomic mass is 9.83. The van der Waals surface area contributed by atoms with Crippen molar-refractivity contribution < 1.29 is 4.79 Å². The largest absolute Gasteiger partial charge is 0.338 e. The molecule has 1 aromatic carbocycles. The zero-order valence-electron chi connectivity index (χ0n) is 18.0. The van der Waals surface area contributed by atoms with E-state index < -0.39 is 0 Å². The van der Waals surface area contributed by atoms with Gasteiger partial charge in [0.2, 0.25) is 5.91 Å². The molecule has 2 aliphatic carbocycles. The fourth-order valence-electron chi connectivity index (χ4n) is 4.97. The first kappa shape index (κ1) is 19.9. The maximum absolute atomic E-state index is 13.7. The Morgan fingerprint density at radius 3 is 2.66 bits per heavy atom. The molecule has 2 aliphatic rings. The van der Waals surface area contributed by atoms with E-state index in [0.717, 1.165) is 50.0 Å². The fraction of sp³-hybridized carbons (Fsp3) is 0.520. The summed E-state index contributed by atoms with van der Waals surface area (Å²) >= 11 is 0. The number of rotatable bonds is 5. The van der Waals surface area contributed by atoms with E-state index in [1.165, 1.54) is 23.1 Å². The summed E-state index contributed by atoms with van der Waals surface area (Å²) in [4.78, 5) is 15.8. The van der Waals surface area contributed by atoms with Crippen LogP contribution in [0.15, 0.2) is 36.4 Å². The fourth-order valence-corrected chi connectivity index (χ4v) is 4.97. The van der Waals surface area contributed by atoms with Crippen LogP contribution in [0.5, 0.6) is 0 Å². The van der Waals surface area contributed by atoms with Gasteiger partial charge in [-0.25, -0.2) is 0 Å². The molecule has 0 saturated heterocycles. The predicted octanol–water partition coefficient (Wildman–Crippen LogP) is 4.53. The highest BCUT2D eigenvalue weighted by Gasteiger charge is 2.30. The van der Waals surface area contributed by atoms with Crippen molar-refractivity contribution in [1.29, 1.82) is 0 Å². The molecule has 1 aromatic heterocycles. The first-order valence-corrected chi connectivity index (χ1v) is 11.0. The summed E-state index contributed by atoms with van der Waals surface area (Å²) < 4.78 is 1.94. The highest BCUT2D eigenvalue weighted by molar-refractivity contribution is 5.79. The molecule has 29 heavy (non-hydrogen) atoms. The minimum Gasteiger partial charge on any atom is -0.338 e. The third kappa shape index (κ3) is 4.31. The van der Waals surface area contributed by atoms with Crippen LogP contribution in [0.4, 0.5) is 0 Å². The van der Waals surface area contributed by atoms with Gasteiger partial charge in [0, 0.05) is 37.3 Å². The molecule has 0 bridgehead atoms. The van der Waals surface area contributed by atoms with Crippen LogP contribution in [0.25, 0.3) is 0 Å². The van der Waals surface area contributed by atoms with Crippen molar-refractivity contribution in [3.63, 3.8) is 0 Å². The van der Waals surface area contributed by atoms with E-state index in [2.05, 4.69) is 60.3 Å². The zero-order valence-corrected chi connectivity index (χ0v) is 18.0. The number of aromatic nitrogens is 2. The van der Waals surface area contributed by atoms with Gasteiger partial charge in [0.15, 0.2) is 0 Å². The van der Waals surface area contributed by atoms with Crippen molar-refractivity contribution in [2.75, 3.05) is 6.54 Å². The summed E-state index contributed by atoms with van der Waals surface area (Å²) in [5.41, 5.74) is 6.19. The van der Waals surface area contributed by atoms with Gasteiger partial charge in [-0.2, -0.15) is 5.10 Å². The van der Waals surface area contributed by atoms with Gasteiger partial charge in [0.05, 0.1) is 5.69 Å². The van der Waals surface area contributed by atoms with Crippen molar-refractivity contribution in [1.82, 2.24) is 14.7 Å². The Morgan fingerprint density at radius 2 is 1.97 bits per heavy atom. The van der Waals surface area contributed by atoms with Gasteiger partial charge in [-0.1, -0.05) is 36.4 Å². The SMILES string of the molecule is Cc1nn(C)c(C)c1CN(C[C@H]1CC=CCC1)C(=O)[C@@H]1CCc2ccccc2C1. The number of benzene rings is 1. The molecule has 0 aliphatic heterocycles. The minimum atomic E-state index is 0.0984. The van der Waals surface area contributed by atoms with Crippen LogP contribution in [0.2, 0.25) is 0 Å². The van der Waals surface area contributed by atoms with Crippen molar-refractivity contribution in [2.45, 2.75) is 58.9 Å². The highest BCUT2D eigenvalue weighted by atomic mass is 16.2. The van der Waals surface area contributed by atoms with Gasteiger partial charge in [-0.05, 0) is 69.4 Å². The number of amides is 1. The van der Waals surface area contributed by atoms with Crippen LogP contribution >= 0.6 is 0 Å². The molecule has 1 heterocycles. The Kier molecular flexibility index (Phi) is 5.89. The summed E-state index contributed by atoms with van der Waals surface area (Å²) in [5.74, 6) is 0.995. The maximum Gasteiger partial charge on any atom is 0.226 e. The molecule has 0 unspecified atom stereocenters. The number of allylic oxidation sites excluding steroid dienone is 2. The minimum absolute atomic E-state index is 0.0984. The maximum atomic E-state index is 13.7. The zero-order chi connectivity index (χ0) is 20.4. The van der Waals surface area contributed by atoms with Crippen molar-refractivity contribution in [3.05, 3.63) is 64.5 Å². The average Bonchev–Trinajstić information content (AvgIpc) is 2.99. The second-order valence-electron chi connectivity index (χ2n) is 8.85. The second kappa shape index (κ2) is 8.56. The quantitative estimate of drug-likeness (QED) is 0.703. The van der Waals surface area contributed by atoms with Crippen LogP contribution in [0.3, 0.4) is 0 Å². The Bertz CT molecular complexity index is 911. The number of carbonyl (C=O) groups excluding carboxylic acids is 1. The number of nitrogens with zero attached hydrogens (tertiary/aromatic N) is 3. The first-order valence-electron chi connectivity index (χ1n) is 11.0. The Hall–Kier alpha value is -2.36. The first-order chi connectivity index (χ1) is 14.0. The van der Waals surface area contributed by atoms with Gasteiger partial charge in [-0.3, -0.25) is 9.48 Å². The molecule has 0 saturated carbocycles. The smallest absolute Gasteiger partial charge is 0.226 e. The molecule has 2 aromatic rings. The Balaban J connectivity index is 1.55. The molecule has 0 spiro atoms. The molecule has 4 heteroatoms. The third-order valence-corrected chi connectivity index (χ3v) is 6.87. The molecular formula is C25H33N3O. The molecule has 0 fully saturated rings. The van der Waals surface area contributed by atoms with Crippen LogP contribution in [-0.4, -0.2) is 27.1 Å². The number of carbonyl (C=O) groups is 1. The lowest BCUT2D eigenvalue weighted by Gasteiger charge is -2.33. The summed E-state index contributed by atoms with van der Waals surface area (Å²) in [6.45, 7) is 5.71. The van der Waals surface area contributed by atoms with Gasteiger partial charge in [-0.15, -0.1) is 0 Å². The van der Waals surface area contributed by atoms with Gasteiger partial charge in [0.1, 0.15) is 0 Å². The topological polar surface area (TPSA) is 38.1 Å². The van der Waals surface area contributed by atoms with E-state index in [0.29, 0.717) is 18.4 Å². The lowest BCUT2D eigenvalue weighted by Crippen LogP contribution is -2.41. The van der Waals surface area contributed by atoms with Crippen molar-refractivity contribution in [3.8, 4) is 0 Å². The number of hydrogen-bond acceptors (Lipinski definition) is 2. The molecule has 4 nitrogen and oxygen atoms in total. The third-order valence-electron chi connectivity index (χ3n) is 6.87. The summed E-state index contributed by atoms with van der Waals surface area (Å²) in [6.07, 6.45) is 10.8. The molecule has 0 radical (unpaired) electrons. The van der Waals surface area contributed by atoms with Crippen LogP contribution in [0, 0.1) is 25.7 Å². The van der Waals surface area contributed by atoms with E-state index in [1.807, 2.05) is 11.7 Å². The standard InChI is InChI=1S/C25H33N3O/c1-18-24(19(2)27(3)26-18)17-28(16-20-9-5-4-6-10-20)25(29)23-14-13-21-11-7-8-12-22(21)15-23/h4-5,7-8,11-12,20,23H,6,9-10,13-17H2,1-3H3/t20-,23+/m0/s1. The average molecular weight is 392 g/mol. The van der Waals surface area contributed by atoms with Crippen LogP contribution in [-0.2, 0) is 31.2 Å². The van der Waals surface area contributed by atoms with E-state index in [-0.39, 0.29) is 5.92 Å². The van der Waals surface area contributed by atoms with E-state index >= 15 is 0 Å². The lowest BCUT2D eigenvalue weighted by molar-refractivity contribution is -0.137.